The summed E-state index contributed by atoms with van der Waals surface area (Å²) in [6.45, 7) is 1.92. The number of aryl methyl sites for hydroxylation is 1. The Balaban J connectivity index is 2.01. The minimum atomic E-state index is 0.285. The summed E-state index contributed by atoms with van der Waals surface area (Å²) in [6, 6.07) is 3.71. The number of nitrogens with zero attached hydrogens (tertiary/aromatic N) is 1. The minimum absolute atomic E-state index is 0.285. The van der Waals surface area contributed by atoms with Crippen molar-refractivity contribution in [3.63, 3.8) is 0 Å². The summed E-state index contributed by atoms with van der Waals surface area (Å²) in [5.41, 5.74) is 1.75. The second-order valence-electron chi connectivity index (χ2n) is 4.46. The summed E-state index contributed by atoms with van der Waals surface area (Å²) >= 11 is 0. The molecule has 1 aromatic heterocycles. The Labute approximate surface area is 90.7 Å². The standard InChI is InChI=1S/C13H17NO/c1-10-8-12(6-7-14-10)13(15)9-11-4-2-3-5-11/h6-8,11H,2-5,9H2,1H3. The summed E-state index contributed by atoms with van der Waals surface area (Å²) in [5, 5.41) is 0. The molecular formula is C13H17NO. The Hall–Kier alpha value is -1.18. The van der Waals surface area contributed by atoms with Gasteiger partial charge in [-0.1, -0.05) is 25.7 Å². The summed E-state index contributed by atoms with van der Waals surface area (Å²) < 4.78 is 0. The molecule has 1 fully saturated rings. The lowest BCUT2D eigenvalue weighted by Crippen LogP contribution is -2.06. The van der Waals surface area contributed by atoms with Gasteiger partial charge in [0.1, 0.15) is 0 Å². The van der Waals surface area contributed by atoms with Gasteiger partial charge >= 0.3 is 0 Å². The van der Waals surface area contributed by atoms with Gasteiger partial charge < -0.3 is 0 Å². The Bertz CT molecular complexity index is 353. The molecule has 2 rings (SSSR count). The van der Waals surface area contributed by atoms with Crippen LogP contribution in [0.3, 0.4) is 0 Å². The zero-order valence-corrected chi connectivity index (χ0v) is 9.20. The van der Waals surface area contributed by atoms with Crippen LogP contribution in [0.4, 0.5) is 0 Å². The first-order valence-electron chi connectivity index (χ1n) is 5.71. The van der Waals surface area contributed by atoms with Crippen molar-refractivity contribution in [2.45, 2.75) is 39.0 Å². The van der Waals surface area contributed by atoms with Crippen LogP contribution in [0.1, 0.15) is 48.2 Å². The Morgan fingerprint density at radius 2 is 2.20 bits per heavy atom. The van der Waals surface area contributed by atoms with E-state index in [9.17, 15) is 4.79 Å². The third kappa shape index (κ3) is 2.65. The lowest BCUT2D eigenvalue weighted by atomic mass is 9.97. The van der Waals surface area contributed by atoms with Crippen molar-refractivity contribution in [3.05, 3.63) is 29.6 Å². The fourth-order valence-electron chi connectivity index (χ4n) is 2.31. The molecule has 2 heteroatoms. The molecule has 0 aliphatic heterocycles. The van der Waals surface area contributed by atoms with Crippen molar-refractivity contribution in [2.75, 3.05) is 0 Å². The highest BCUT2D eigenvalue weighted by molar-refractivity contribution is 5.96. The zero-order chi connectivity index (χ0) is 10.7. The van der Waals surface area contributed by atoms with Gasteiger partial charge in [-0.05, 0) is 25.0 Å². The molecular weight excluding hydrogens is 186 g/mol. The molecule has 1 aromatic rings. The highest BCUT2D eigenvalue weighted by Crippen LogP contribution is 2.28. The number of pyridine rings is 1. The van der Waals surface area contributed by atoms with Gasteiger partial charge in [0.2, 0.25) is 0 Å². The quantitative estimate of drug-likeness (QED) is 0.706. The second-order valence-corrected chi connectivity index (χ2v) is 4.46. The van der Waals surface area contributed by atoms with Gasteiger partial charge in [0, 0.05) is 23.9 Å². The molecule has 0 radical (unpaired) electrons. The van der Waals surface area contributed by atoms with Crippen LogP contribution >= 0.6 is 0 Å². The molecule has 80 valence electrons. The van der Waals surface area contributed by atoms with Gasteiger partial charge in [0.15, 0.2) is 5.78 Å². The summed E-state index contributed by atoms with van der Waals surface area (Å²) in [6.07, 6.45) is 7.51. The molecule has 1 heterocycles. The highest BCUT2D eigenvalue weighted by atomic mass is 16.1. The lowest BCUT2D eigenvalue weighted by molar-refractivity contribution is 0.0962. The molecule has 1 saturated carbocycles. The van der Waals surface area contributed by atoms with Crippen molar-refractivity contribution in [1.29, 1.82) is 0 Å². The van der Waals surface area contributed by atoms with Gasteiger partial charge in [0.05, 0.1) is 0 Å². The van der Waals surface area contributed by atoms with E-state index in [1.54, 1.807) is 6.20 Å². The maximum Gasteiger partial charge on any atom is 0.163 e. The molecule has 0 atom stereocenters. The molecule has 2 nitrogen and oxygen atoms in total. The van der Waals surface area contributed by atoms with Crippen molar-refractivity contribution >= 4 is 5.78 Å². The minimum Gasteiger partial charge on any atom is -0.294 e. The van der Waals surface area contributed by atoms with E-state index in [0.717, 1.165) is 17.7 Å². The van der Waals surface area contributed by atoms with Crippen molar-refractivity contribution in [2.24, 2.45) is 5.92 Å². The number of carbonyl (C=O) groups excluding carboxylic acids is 1. The van der Waals surface area contributed by atoms with E-state index in [-0.39, 0.29) is 5.78 Å². The molecule has 1 aliphatic rings. The fourth-order valence-corrected chi connectivity index (χ4v) is 2.31. The predicted octanol–water partition coefficient (Wildman–Crippen LogP) is 3.15. The summed E-state index contributed by atoms with van der Waals surface area (Å²) in [4.78, 5) is 16.0. The number of hydrogen-bond donors (Lipinski definition) is 0. The first kappa shape index (κ1) is 10.3. The third-order valence-corrected chi connectivity index (χ3v) is 3.17. The topological polar surface area (TPSA) is 30.0 Å². The van der Waals surface area contributed by atoms with Gasteiger partial charge in [0.25, 0.3) is 0 Å². The van der Waals surface area contributed by atoms with Gasteiger partial charge in [-0.25, -0.2) is 0 Å². The second kappa shape index (κ2) is 4.56. The number of rotatable bonds is 3. The zero-order valence-electron chi connectivity index (χ0n) is 9.20. The number of Topliss-reactive ketones (excluding diaryl/α,β-unsaturated/α-hetero) is 1. The van der Waals surface area contributed by atoms with Crippen LogP contribution in [0.25, 0.3) is 0 Å². The molecule has 0 N–H and O–H groups in total. The normalized spacial score (nSPS) is 16.9. The SMILES string of the molecule is Cc1cc(C(=O)CC2CCCC2)ccn1. The molecule has 0 spiro atoms. The monoisotopic (exact) mass is 203 g/mol. The molecule has 0 saturated heterocycles. The summed E-state index contributed by atoms with van der Waals surface area (Å²) in [7, 11) is 0. The molecule has 15 heavy (non-hydrogen) atoms. The van der Waals surface area contributed by atoms with E-state index < -0.39 is 0 Å². The van der Waals surface area contributed by atoms with E-state index in [1.165, 1.54) is 25.7 Å². The van der Waals surface area contributed by atoms with Crippen LogP contribution in [0.5, 0.6) is 0 Å². The van der Waals surface area contributed by atoms with Crippen LogP contribution in [0, 0.1) is 12.8 Å². The largest absolute Gasteiger partial charge is 0.294 e. The molecule has 0 bridgehead atoms. The van der Waals surface area contributed by atoms with E-state index in [2.05, 4.69) is 4.98 Å². The number of aromatic nitrogens is 1. The Morgan fingerprint density at radius 1 is 1.47 bits per heavy atom. The summed E-state index contributed by atoms with van der Waals surface area (Å²) in [5.74, 6) is 0.915. The highest BCUT2D eigenvalue weighted by Gasteiger charge is 2.19. The average molecular weight is 203 g/mol. The number of ketones is 1. The molecule has 0 aromatic carbocycles. The maximum atomic E-state index is 11.9. The lowest BCUT2D eigenvalue weighted by Gasteiger charge is -2.07. The molecule has 0 amide bonds. The predicted molar refractivity (Wildman–Crippen MR) is 59.9 cm³/mol. The van der Waals surface area contributed by atoms with Crippen LogP contribution in [0.2, 0.25) is 0 Å². The fraction of sp³-hybridized carbons (Fsp3) is 0.538. The van der Waals surface area contributed by atoms with Crippen LogP contribution < -0.4 is 0 Å². The molecule has 1 aliphatic carbocycles. The van der Waals surface area contributed by atoms with Crippen molar-refractivity contribution < 1.29 is 4.79 Å². The maximum absolute atomic E-state index is 11.9. The number of carbonyl (C=O) groups is 1. The Morgan fingerprint density at radius 3 is 2.87 bits per heavy atom. The van der Waals surface area contributed by atoms with Gasteiger partial charge in [-0.2, -0.15) is 0 Å². The Kier molecular flexibility index (Phi) is 3.14. The smallest absolute Gasteiger partial charge is 0.163 e. The average Bonchev–Trinajstić information content (AvgIpc) is 2.70. The third-order valence-electron chi connectivity index (χ3n) is 3.17. The van der Waals surface area contributed by atoms with Crippen LogP contribution in [-0.2, 0) is 0 Å². The van der Waals surface area contributed by atoms with Crippen LogP contribution in [0.15, 0.2) is 18.3 Å². The van der Waals surface area contributed by atoms with Gasteiger partial charge in [-0.3, -0.25) is 9.78 Å². The molecule has 0 unspecified atom stereocenters. The van der Waals surface area contributed by atoms with Crippen molar-refractivity contribution in [1.82, 2.24) is 4.98 Å². The first-order chi connectivity index (χ1) is 7.25. The van der Waals surface area contributed by atoms with Crippen molar-refractivity contribution in [3.8, 4) is 0 Å². The first-order valence-corrected chi connectivity index (χ1v) is 5.71. The van der Waals surface area contributed by atoms with Gasteiger partial charge in [-0.15, -0.1) is 0 Å². The van der Waals surface area contributed by atoms with E-state index >= 15 is 0 Å². The van der Waals surface area contributed by atoms with E-state index in [0.29, 0.717) is 5.92 Å². The van der Waals surface area contributed by atoms with E-state index in [4.69, 9.17) is 0 Å². The number of hydrogen-bond acceptors (Lipinski definition) is 2. The van der Waals surface area contributed by atoms with Crippen LogP contribution in [-0.4, -0.2) is 10.8 Å². The van der Waals surface area contributed by atoms with E-state index in [1.807, 2.05) is 19.1 Å².